The monoisotopic (exact) mass is 320 g/mol. The Morgan fingerprint density at radius 2 is 1.90 bits per heavy atom. The molecule has 116 valence electrons. The van der Waals surface area contributed by atoms with Crippen molar-refractivity contribution in [2.75, 3.05) is 5.32 Å². The van der Waals surface area contributed by atoms with Crippen molar-refractivity contribution >= 4 is 28.5 Å². The first-order valence-corrected chi connectivity index (χ1v) is 7.19. The second-order valence-corrected chi connectivity index (χ2v) is 5.74. The van der Waals surface area contributed by atoms with Gasteiger partial charge in [0.2, 0.25) is 5.13 Å². The number of amides is 2. The van der Waals surface area contributed by atoms with Crippen LogP contribution in [0, 0.1) is 5.92 Å². The highest BCUT2D eigenvalue weighted by Gasteiger charge is 2.27. The van der Waals surface area contributed by atoms with E-state index in [-0.39, 0.29) is 17.1 Å². The molecule has 1 aromatic heterocycles. The number of carboxylic acids is 1. The van der Waals surface area contributed by atoms with Gasteiger partial charge in [0, 0.05) is 6.04 Å². The minimum Gasteiger partial charge on any atom is -0.481 e. The van der Waals surface area contributed by atoms with Gasteiger partial charge in [-0.15, -0.1) is 10.2 Å². The summed E-state index contributed by atoms with van der Waals surface area (Å²) in [6.45, 7) is 0. The number of alkyl halides is 2. The molecule has 2 amide bonds. The van der Waals surface area contributed by atoms with Crippen LogP contribution in [0.4, 0.5) is 18.7 Å². The summed E-state index contributed by atoms with van der Waals surface area (Å²) >= 11 is 0.614. The molecular formula is C11H14F2N4O3S. The topological polar surface area (TPSA) is 104 Å². The quantitative estimate of drug-likeness (QED) is 0.789. The van der Waals surface area contributed by atoms with E-state index in [1.165, 1.54) is 0 Å². The lowest BCUT2D eigenvalue weighted by molar-refractivity contribution is -0.142. The Kier molecular flexibility index (Phi) is 4.99. The SMILES string of the molecule is O=C(Nc1nnc(C(F)F)s1)NC1CCC(C(=O)O)CC1. The summed E-state index contributed by atoms with van der Waals surface area (Å²) in [6, 6.07) is -0.672. The molecule has 1 aliphatic rings. The van der Waals surface area contributed by atoms with Gasteiger partial charge in [-0.05, 0) is 25.7 Å². The molecule has 3 N–H and O–H groups in total. The molecule has 0 atom stereocenters. The van der Waals surface area contributed by atoms with Crippen molar-refractivity contribution in [1.82, 2.24) is 15.5 Å². The summed E-state index contributed by atoms with van der Waals surface area (Å²) < 4.78 is 24.6. The largest absolute Gasteiger partial charge is 0.481 e. The van der Waals surface area contributed by atoms with Gasteiger partial charge in [-0.3, -0.25) is 10.1 Å². The third-order valence-corrected chi connectivity index (χ3v) is 4.11. The number of nitrogens with one attached hydrogen (secondary N) is 2. The van der Waals surface area contributed by atoms with Gasteiger partial charge in [-0.1, -0.05) is 11.3 Å². The number of urea groups is 1. The van der Waals surface area contributed by atoms with E-state index in [0.29, 0.717) is 37.0 Å². The van der Waals surface area contributed by atoms with Crippen molar-refractivity contribution in [3.63, 3.8) is 0 Å². The van der Waals surface area contributed by atoms with Crippen molar-refractivity contribution in [2.24, 2.45) is 5.92 Å². The fraction of sp³-hybridized carbons (Fsp3) is 0.636. The Morgan fingerprint density at radius 1 is 1.24 bits per heavy atom. The Balaban J connectivity index is 1.78. The van der Waals surface area contributed by atoms with Gasteiger partial charge in [0.05, 0.1) is 5.92 Å². The van der Waals surface area contributed by atoms with E-state index >= 15 is 0 Å². The van der Waals surface area contributed by atoms with Crippen molar-refractivity contribution in [1.29, 1.82) is 0 Å². The summed E-state index contributed by atoms with van der Waals surface area (Å²) in [5.41, 5.74) is 0. The van der Waals surface area contributed by atoms with E-state index < -0.39 is 23.4 Å². The molecule has 10 heteroatoms. The van der Waals surface area contributed by atoms with Gasteiger partial charge >= 0.3 is 12.0 Å². The molecule has 0 bridgehead atoms. The Hall–Kier alpha value is -1.84. The maximum absolute atomic E-state index is 12.3. The summed E-state index contributed by atoms with van der Waals surface area (Å²) in [6.07, 6.45) is -0.554. The number of carbonyl (C=O) groups excluding carboxylic acids is 1. The van der Waals surface area contributed by atoms with Crippen molar-refractivity contribution in [3.05, 3.63) is 5.01 Å². The molecule has 0 radical (unpaired) electrons. The molecule has 2 rings (SSSR count). The first-order chi connectivity index (χ1) is 9.95. The minimum atomic E-state index is -2.72. The van der Waals surface area contributed by atoms with Gasteiger partial charge in [0.25, 0.3) is 6.43 Å². The van der Waals surface area contributed by atoms with Gasteiger partial charge in [-0.25, -0.2) is 13.6 Å². The minimum absolute atomic E-state index is 0.00187. The number of carboxylic acid groups (broad SMARTS) is 1. The zero-order valence-corrected chi connectivity index (χ0v) is 11.7. The van der Waals surface area contributed by atoms with E-state index in [1.54, 1.807) is 0 Å². The van der Waals surface area contributed by atoms with E-state index in [1.807, 2.05) is 0 Å². The van der Waals surface area contributed by atoms with E-state index in [0.717, 1.165) is 0 Å². The highest BCUT2D eigenvalue weighted by Crippen LogP contribution is 2.26. The third kappa shape index (κ3) is 4.31. The molecule has 7 nitrogen and oxygen atoms in total. The van der Waals surface area contributed by atoms with E-state index in [2.05, 4.69) is 20.8 Å². The van der Waals surface area contributed by atoms with Gasteiger partial charge < -0.3 is 10.4 Å². The van der Waals surface area contributed by atoms with Crippen molar-refractivity contribution in [2.45, 2.75) is 38.2 Å². The molecule has 0 aliphatic heterocycles. The zero-order valence-electron chi connectivity index (χ0n) is 10.9. The van der Waals surface area contributed by atoms with Crippen LogP contribution in [0.15, 0.2) is 0 Å². The fourth-order valence-electron chi connectivity index (χ4n) is 2.18. The molecule has 1 heterocycles. The first-order valence-electron chi connectivity index (χ1n) is 6.37. The Bertz CT molecular complexity index is 517. The Labute approximate surface area is 122 Å². The lowest BCUT2D eigenvalue weighted by Crippen LogP contribution is -2.40. The van der Waals surface area contributed by atoms with Crippen LogP contribution >= 0.6 is 11.3 Å². The van der Waals surface area contributed by atoms with Crippen LogP contribution in [0.5, 0.6) is 0 Å². The first kappa shape index (κ1) is 15.5. The lowest BCUT2D eigenvalue weighted by atomic mass is 9.86. The van der Waals surface area contributed by atoms with Gasteiger partial charge in [0.1, 0.15) is 0 Å². The van der Waals surface area contributed by atoms with Crippen LogP contribution in [-0.2, 0) is 4.79 Å². The molecule has 0 aromatic carbocycles. The van der Waals surface area contributed by atoms with Crippen LogP contribution < -0.4 is 10.6 Å². The average molecular weight is 320 g/mol. The lowest BCUT2D eigenvalue weighted by Gasteiger charge is -2.26. The maximum atomic E-state index is 12.3. The summed E-state index contributed by atoms with van der Waals surface area (Å²) in [5, 5.41) is 20.1. The zero-order chi connectivity index (χ0) is 15.4. The third-order valence-electron chi connectivity index (χ3n) is 3.26. The number of anilines is 1. The number of hydrogen-bond acceptors (Lipinski definition) is 5. The average Bonchev–Trinajstić information content (AvgIpc) is 2.87. The number of carbonyl (C=O) groups is 2. The second-order valence-electron chi connectivity index (χ2n) is 4.73. The van der Waals surface area contributed by atoms with Crippen molar-refractivity contribution in [3.8, 4) is 0 Å². The molecule has 1 aromatic rings. The molecule has 21 heavy (non-hydrogen) atoms. The normalized spacial score (nSPS) is 22.0. The second kappa shape index (κ2) is 6.74. The molecule has 1 saturated carbocycles. The Morgan fingerprint density at radius 3 is 2.43 bits per heavy atom. The predicted molar refractivity (Wildman–Crippen MR) is 70.4 cm³/mol. The van der Waals surface area contributed by atoms with Gasteiger partial charge in [0.15, 0.2) is 5.01 Å². The molecule has 0 spiro atoms. The number of aromatic nitrogens is 2. The molecule has 1 aliphatic carbocycles. The van der Waals surface area contributed by atoms with Crippen LogP contribution in [-0.4, -0.2) is 33.3 Å². The van der Waals surface area contributed by atoms with Crippen LogP contribution in [0.25, 0.3) is 0 Å². The smallest absolute Gasteiger partial charge is 0.321 e. The number of nitrogens with zero attached hydrogens (tertiary/aromatic N) is 2. The number of halogens is 2. The molecule has 0 unspecified atom stereocenters. The maximum Gasteiger partial charge on any atom is 0.321 e. The predicted octanol–water partition coefficient (Wildman–Crippen LogP) is 2.24. The number of hydrogen-bond donors (Lipinski definition) is 3. The fourth-order valence-corrected chi connectivity index (χ4v) is 2.77. The van der Waals surface area contributed by atoms with Crippen LogP contribution in [0.1, 0.15) is 37.1 Å². The highest BCUT2D eigenvalue weighted by atomic mass is 32.1. The number of rotatable bonds is 4. The van der Waals surface area contributed by atoms with Crippen LogP contribution in [0.2, 0.25) is 0 Å². The van der Waals surface area contributed by atoms with E-state index in [9.17, 15) is 18.4 Å². The van der Waals surface area contributed by atoms with Crippen molar-refractivity contribution < 1.29 is 23.5 Å². The summed E-state index contributed by atoms with van der Waals surface area (Å²) in [5.74, 6) is -1.17. The number of aliphatic carboxylic acids is 1. The summed E-state index contributed by atoms with van der Waals surface area (Å²) in [4.78, 5) is 22.5. The molecule has 0 saturated heterocycles. The highest BCUT2D eigenvalue weighted by molar-refractivity contribution is 7.15. The summed E-state index contributed by atoms with van der Waals surface area (Å²) in [7, 11) is 0. The van der Waals surface area contributed by atoms with Gasteiger partial charge in [-0.2, -0.15) is 0 Å². The molecule has 1 fully saturated rings. The van der Waals surface area contributed by atoms with Crippen LogP contribution in [0.3, 0.4) is 0 Å². The van der Waals surface area contributed by atoms with E-state index in [4.69, 9.17) is 5.11 Å². The molecular weight excluding hydrogens is 306 g/mol. The standard InChI is InChI=1S/C11H14F2N4O3S/c12-7(13)8-16-17-11(21-8)15-10(20)14-6-3-1-5(2-4-6)9(18)19/h5-7H,1-4H2,(H,18,19)(H2,14,15,17,20).